The van der Waals surface area contributed by atoms with E-state index in [0.717, 1.165) is 0 Å². The summed E-state index contributed by atoms with van der Waals surface area (Å²) >= 11 is 0. The molecule has 0 aliphatic carbocycles. The van der Waals surface area contributed by atoms with E-state index < -0.39 is 24.4 Å². The number of halogens is 3. The minimum atomic E-state index is -4.18. The van der Waals surface area contributed by atoms with Crippen LogP contribution >= 0.6 is 0 Å². The van der Waals surface area contributed by atoms with Crippen LogP contribution in [0.3, 0.4) is 0 Å². The third-order valence-electron chi connectivity index (χ3n) is 2.66. The van der Waals surface area contributed by atoms with Crippen LogP contribution in [0.15, 0.2) is 0 Å². The molecule has 0 atom stereocenters. The van der Waals surface area contributed by atoms with Crippen molar-refractivity contribution >= 4 is 6.09 Å². The average molecular weight is 240 g/mol. The fourth-order valence-corrected chi connectivity index (χ4v) is 1.78. The molecule has 0 aromatic rings. The lowest BCUT2D eigenvalue weighted by atomic mass is 9.93. The highest BCUT2D eigenvalue weighted by Gasteiger charge is 2.37. The van der Waals surface area contributed by atoms with Gasteiger partial charge in [-0.2, -0.15) is 13.2 Å². The van der Waals surface area contributed by atoms with Crippen molar-refractivity contribution in [2.24, 2.45) is 5.73 Å². The topological polar surface area (TPSA) is 55.6 Å². The van der Waals surface area contributed by atoms with Gasteiger partial charge < -0.3 is 10.5 Å². The molecule has 1 aliphatic heterocycles. The summed E-state index contributed by atoms with van der Waals surface area (Å²) in [7, 11) is 0. The molecule has 0 spiro atoms. The molecule has 1 amide bonds. The molecule has 1 saturated heterocycles. The summed E-state index contributed by atoms with van der Waals surface area (Å²) in [6.07, 6.45) is -4.33. The fraction of sp³-hybridized carbons (Fsp3) is 0.889. The largest absolute Gasteiger partial charge is 0.443 e. The highest BCUT2D eigenvalue weighted by atomic mass is 19.4. The molecular weight excluding hydrogens is 225 g/mol. The Labute approximate surface area is 91.5 Å². The summed E-state index contributed by atoms with van der Waals surface area (Å²) in [5.41, 5.74) is 4.16. The van der Waals surface area contributed by atoms with Crippen LogP contribution in [0.5, 0.6) is 0 Å². The first-order valence-corrected chi connectivity index (χ1v) is 4.98. The van der Waals surface area contributed by atoms with Gasteiger partial charge in [-0.05, 0) is 19.8 Å². The predicted molar refractivity (Wildman–Crippen MR) is 50.8 cm³/mol. The molecule has 0 bridgehead atoms. The number of carbonyl (C=O) groups excluding carboxylic acids is 1. The Bertz CT molecular complexity index is 260. The second-order valence-electron chi connectivity index (χ2n) is 4.26. The number of nitrogens with zero attached hydrogens (tertiary/aromatic N) is 1. The van der Waals surface area contributed by atoms with Crippen LogP contribution in [0, 0.1) is 0 Å². The molecule has 0 aromatic carbocycles. The molecule has 1 heterocycles. The Hall–Kier alpha value is -0.980. The van der Waals surface area contributed by atoms with Crippen molar-refractivity contribution in [2.45, 2.75) is 31.5 Å². The molecule has 94 valence electrons. The maximum atomic E-state index is 12.1. The third kappa shape index (κ3) is 4.26. The van der Waals surface area contributed by atoms with E-state index in [1.807, 2.05) is 0 Å². The van der Waals surface area contributed by atoms with E-state index in [1.165, 1.54) is 4.90 Å². The average Bonchev–Trinajstić information content (AvgIpc) is 2.05. The van der Waals surface area contributed by atoms with Crippen LogP contribution in [-0.2, 0) is 4.74 Å². The fourth-order valence-electron chi connectivity index (χ4n) is 1.78. The van der Waals surface area contributed by atoms with Crippen molar-refractivity contribution in [3.63, 3.8) is 0 Å². The van der Waals surface area contributed by atoms with Crippen molar-refractivity contribution in [3.05, 3.63) is 0 Å². The third-order valence-corrected chi connectivity index (χ3v) is 2.66. The second kappa shape index (κ2) is 4.48. The minimum absolute atomic E-state index is 0.253. The van der Waals surface area contributed by atoms with Crippen molar-refractivity contribution in [1.82, 2.24) is 4.90 Å². The quantitative estimate of drug-likeness (QED) is 0.795. The molecule has 7 heteroatoms. The number of hydrogen-bond acceptors (Lipinski definition) is 3. The van der Waals surface area contributed by atoms with Crippen LogP contribution in [0.1, 0.15) is 19.8 Å². The number of carbonyl (C=O) groups is 1. The first-order chi connectivity index (χ1) is 7.20. The van der Waals surface area contributed by atoms with Gasteiger partial charge in [-0.15, -0.1) is 0 Å². The molecule has 4 nitrogen and oxygen atoms in total. The van der Waals surface area contributed by atoms with Crippen LogP contribution < -0.4 is 5.73 Å². The minimum Gasteiger partial charge on any atom is -0.443 e. The highest BCUT2D eigenvalue weighted by Crippen LogP contribution is 2.27. The Morgan fingerprint density at radius 3 is 2.31 bits per heavy atom. The Morgan fingerprint density at radius 2 is 1.94 bits per heavy atom. The maximum Gasteiger partial charge on any atom is 0.405 e. The highest BCUT2D eigenvalue weighted by molar-refractivity contribution is 5.65. The van der Waals surface area contributed by atoms with Gasteiger partial charge in [0.25, 0.3) is 0 Å². The summed E-state index contributed by atoms with van der Waals surface area (Å²) < 4.78 is 41.2. The molecule has 1 fully saturated rings. The second-order valence-corrected chi connectivity index (χ2v) is 4.26. The van der Waals surface area contributed by atoms with Crippen LogP contribution in [0.4, 0.5) is 18.0 Å². The van der Waals surface area contributed by atoms with Crippen molar-refractivity contribution in [1.29, 1.82) is 0 Å². The van der Waals surface area contributed by atoms with Crippen LogP contribution in [0.25, 0.3) is 0 Å². The van der Waals surface area contributed by atoms with Gasteiger partial charge in [0, 0.05) is 13.1 Å². The number of primary amides is 1. The van der Waals surface area contributed by atoms with Gasteiger partial charge in [0.15, 0.2) is 0 Å². The van der Waals surface area contributed by atoms with Gasteiger partial charge in [-0.3, -0.25) is 4.90 Å². The first kappa shape index (κ1) is 13.1. The molecular formula is C9H15F3N2O2. The monoisotopic (exact) mass is 240 g/mol. The zero-order chi connectivity index (χ0) is 12.4. The number of hydrogen-bond donors (Lipinski definition) is 1. The van der Waals surface area contributed by atoms with Crippen molar-refractivity contribution in [2.75, 3.05) is 19.6 Å². The summed E-state index contributed by atoms with van der Waals surface area (Å²) in [6, 6.07) is 0. The van der Waals surface area contributed by atoms with E-state index >= 15 is 0 Å². The number of ether oxygens (including phenoxy) is 1. The molecule has 16 heavy (non-hydrogen) atoms. The predicted octanol–water partition coefficient (Wildman–Crippen LogP) is 1.50. The number of nitrogens with two attached hydrogens (primary N) is 1. The van der Waals surface area contributed by atoms with Crippen molar-refractivity contribution < 1.29 is 22.7 Å². The number of likely N-dealkylation sites (tertiary alicyclic amines) is 1. The summed E-state index contributed by atoms with van der Waals surface area (Å²) in [5.74, 6) is 0. The van der Waals surface area contributed by atoms with E-state index in [-0.39, 0.29) is 13.1 Å². The zero-order valence-corrected chi connectivity index (χ0v) is 9.01. The van der Waals surface area contributed by atoms with E-state index in [0.29, 0.717) is 12.8 Å². The normalized spacial score (nSPS) is 21.8. The van der Waals surface area contributed by atoms with Crippen LogP contribution in [0.2, 0.25) is 0 Å². The van der Waals surface area contributed by atoms with Gasteiger partial charge >= 0.3 is 12.3 Å². The number of alkyl halides is 3. The summed E-state index contributed by atoms with van der Waals surface area (Å²) in [6.45, 7) is 1.27. The lowest BCUT2D eigenvalue weighted by molar-refractivity contribution is -0.153. The number of amides is 1. The Kier molecular flexibility index (Phi) is 3.67. The molecule has 1 aliphatic rings. The van der Waals surface area contributed by atoms with Gasteiger partial charge in [-0.25, -0.2) is 4.79 Å². The van der Waals surface area contributed by atoms with E-state index in [9.17, 15) is 18.0 Å². The smallest absolute Gasteiger partial charge is 0.405 e. The van der Waals surface area contributed by atoms with Gasteiger partial charge in [0.1, 0.15) is 5.60 Å². The molecule has 1 rings (SSSR count). The van der Waals surface area contributed by atoms with Gasteiger partial charge in [0.2, 0.25) is 0 Å². The zero-order valence-electron chi connectivity index (χ0n) is 9.01. The standard InChI is InChI=1S/C9H15F3N2O2/c1-8(16-7(13)15)2-4-14(5-3-8)6-9(10,11)12/h2-6H2,1H3,(H2,13,15). The van der Waals surface area contributed by atoms with E-state index in [4.69, 9.17) is 10.5 Å². The molecule has 0 radical (unpaired) electrons. The lowest BCUT2D eigenvalue weighted by Crippen LogP contribution is -2.48. The lowest BCUT2D eigenvalue weighted by Gasteiger charge is -2.38. The molecule has 2 N–H and O–H groups in total. The Balaban J connectivity index is 2.41. The van der Waals surface area contributed by atoms with Crippen molar-refractivity contribution in [3.8, 4) is 0 Å². The van der Waals surface area contributed by atoms with E-state index in [1.54, 1.807) is 6.92 Å². The first-order valence-electron chi connectivity index (χ1n) is 4.98. The maximum absolute atomic E-state index is 12.1. The van der Waals surface area contributed by atoms with Gasteiger partial charge in [-0.1, -0.05) is 0 Å². The molecule has 0 unspecified atom stereocenters. The molecule has 0 saturated carbocycles. The summed E-state index contributed by atoms with van der Waals surface area (Å²) in [4.78, 5) is 11.9. The van der Waals surface area contributed by atoms with Crippen LogP contribution in [-0.4, -0.2) is 42.4 Å². The summed E-state index contributed by atoms with van der Waals surface area (Å²) in [5, 5.41) is 0. The SMILES string of the molecule is CC1(OC(N)=O)CCN(CC(F)(F)F)CC1. The van der Waals surface area contributed by atoms with E-state index in [2.05, 4.69) is 0 Å². The number of rotatable bonds is 2. The molecule has 0 aromatic heterocycles. The Morgan fingerprint density at radius 1 is 1.44 bits per heavy atom. The van der Waals surface area contributed by atoms with Gasteiger partial charge in [0.05, 0.1) is 6.54 Å². The number of piperidine rings is 1.